The fraction of sp³-hybridized carbons (Fsp3) is 0.188. The van der Waals surface area contributed by atoms with Crippen LogP contribution in [0.1, 0.15) is 16.8 Å². The number of phenolic OH excluding ortho intramolecular Hbond substituents is 1. The Balaban J connectivity index is 1.94. The first-order chi connectivity index (χ1) is 13.1. The lowest BCUT2D eigenvalue weighted by Crippen LogP contribution is -2.07. The number of rotatable bonds is 8. The number of carbonyl (C=O) groups is 1. The van der Waals surface area contributed by atoms with Crippen molar-refractivity contribution in [3.05, 3.63) is 45.9 Å². The molecule has 0 aromatic heterocycles. The van der Waals surface area contributed by atoms with Crippen molar-refractivity contribution < 1.29 is 32.7 Å². The van der Waals surface area contributed by atoms with Gasteiger partial charge in [-0.1, -0.05) is 23.2 Å². The molecule has 0 saturated heterocycles. The topological polar surface area (TPSA) is 146 Å². The van der Waals surface area contributed by atoms with Crippen LogP contribution in [0.15, 0.2) is 45.5 Å². The molecular formula is C16H14Cl2N2O7S. The minimum atomic E-state index is -4.52. The molecule has 0 heterocycles. The summed E-state index contributed by atoms with van der Waals surface area (Å²) >= 11 is 11.5. The minimum absolute atomic E-state index is 0.0410. The van der Waals surface area contributed by atoms with E-state index in [1.165, 1.54) is 12.1 Å². The first-order valence-electron chi connectivity index (χ1n) is 7.62. The molecule has 2 aromatic rings. The molecule has 0 amide bonds. The Bertz CT molecular complexity index is 1000. The van der Waals surface area contributed by atoms with Gasteiger partial charge in [0.2, 0.25) is 0 Å². The van der Waals surface area contributed by atoms with Crippen LogP contribution in [0.5, 0.6) is 11.5 Å². The fourth-order valence-corrected chi connectivity index (χ4v) is 3.00. The Morgan fingerprint density at radius 2 is 1.79 bits per heavy atom. The van der Waals surface area contributed by atoms with E-state index >= 15 is 0 Å². The van der Waals surface area contributed by atoms with Crippen LogP contribution in [-0.2, 0) is 10.1 Å². The number of carboxylic acids is 1. The van der Waals surface area contributed by atoms with Gasteiger partial charge in [0.25, 0.3) is 10.1 Å². The highest BCUT2D eigenvalue weighted by molar-refractivity contribution is 7.85. The van der Waals surface area contributed by atoms with Crippen LogP contribution >= 0.6 is 23.2 Å². The predicted molar refractivity (Wildman–Crippen MR) is 101 cm³/mol. The average molecular weight is 449 g/mol. The van der Waals surface area contributed by atoms with Crippen molar-refractivity contribution in [2.24, 2.45) is 10.2 Å². The second kappa shape index (κ2) is 9.20. The maximum atomic E-state index is 11.2. The van der Waals surface area contributed by atoms with Gasteiger partial charge in [-0.25, -0.2) is 4.79 Å². The molecule has 150 valence electrons. The Morgan fingerprint density at radius 1 is 1.14 bits per heavy atom. The van der Waals surface area contributed by atoms with Gasteiger partial charge < -0.3 is 14.9 Å². The van der Waals surface area contributed by atoms with E-state index in [2.05, 4.69) is 10.2 Å². The summed E-state index contributed by atoms with van der Waals surface area (Å²) in [7, 11) is -4.52. The molecule has 3 N–H and O–H groups in total. The SMILES string of the molecule is O=C(O)c1cc(S(=O)(=O)O)ccc1OCCCN=Nc1cc(Cl)c(O)c(Cl)c1. The van der Waals surface area contributed by atoms with Gasteiger partial charge in [0.15, 0.2) is 5.75 Å². The summed E-state index contributed by atoms with van der Waals surface area (Å²) in [5.41, 5.74) is -0.0483. The van der Waals surface area contributed by atoms with E-state index in [-0.39, 0.29) is 34.7 Å². The number of halogens is 2. The summed E-state index contributed by atoms with van der Waals surface area (Å²) in [6.45, 7) is 0.323. The maximum absolute atomic E-state index is 11.2. The number of phenols is 1. The zero-order valence-corrected chi connectivity index (χ0v) is 16.4. The molecule has 0 aliphatic heterocycles. The third-order valence-corrected chi connectivity index (χ3v) is 4.75. The zero-order valence-electron chi connectivity index (χ0n) is 14.0. The lowest BCUT2D eigenvalue weighted by atomic mass is 10.2. The molecule has 0 aliphatic rings. The van der Waals surface area contributed by atoms with Crippen molar-refractivity contribution in [2.45, 2.75) is 11.3 Å². The predicted octanol–water partition coefficient (Wildman–Crippen LogP) is 4.20. The van der Waals surface area contributed by atoms with E-state index in [0.717, 1.165) is 18.2 Å². The van der Waals surface area contributed by atoms with Crippen molar-refractivity contribution in [2.75, 3.05) is 13.2 Å². The smallest absolute Gasteiger partial charge is 0.339 e. The normalized spacial score (nSPS) is 11.7. The third-order valence-electron chi connectivity index (χ3n) is 3.33. The molecule has 2 rings (SSSR count). The second-order valence-electron chi connectivity index (χ2n) is 5.36. The molecule has 2 aromatic carbocycles. The molecule has 0 unspecified atom stereocenters. The molecule has 0 spiro atoms. The van der Waals surface area contributed by atoms with Gasteiger partial charge in [-0.2, -0.15) is 18.6 Å². The van der Waals surface area contributed by atoms with Crippen molar-refractivity contribution in [3.8, 4) is 11.5 Å². The first-order valence-corrected chi connectivity index (χ1v) is 9.82. The Labute approximate surface area is 169 Å². The number of carboxylic acid groups (broad SMARTS) is 1. The van der Waals surface area contributed by atoms with Crippen LogP contribution in [0.4, 0.5) is 5.69 Å². The number of aromatic hydroxyl groups is 1. The second-order valence-corrected chi connectivity index (χ2v) is 7.60. The highest BCUT2D eigenvalue weighted by Crippen LogP contribution is 2.35. The van der Waals surface area contributed by atoms with E-state index in [9.17, 15) is 18.3 Å². The number of hydrogen-bond donors (Lipinski definition) is 3. The average Bonchev–Trinajstić information content (AvgIpc) is 2.61. The van der Waals surface area contributed by atoms with Crippen LogP contribution in [-0.4, -0.2) is 42.3 Å². The van der Waals surface area contributed by atoms with E-state index in [1.54, 1.807) is 0 Å². The summed E-state index contributed by atoms with van der Waals surface area (Å²) < 4.78 is 36.5. The summed E-state index contributed by atoms with van der Waals surface area (Å²) in [6.07, 6.45) is 0.377. The number of ether oxygens (including phenoxy) is 1. The van der Waals surface area contributed by atoms with Gasteiger partial charge >= 0.3 is 5.97 Å². The summed E-state index contributed by atoms with van der Waals surface area (Å²) in [6, 6.07) is 5.77. The largest absolute Gasteiger partial charge is 0.505 e. The van der Waals surface area contributed by atoms with E-state index in [4.69, 9.17) is 37.6 Å². The van der Waals surface area contributed by atoms with E-state index < -0.39 is 26.5 Å². The Kier molecular flexibility index (Phi) is 7.19. The van der Waals surface area contributed by atoms with Crippen LogP contribution in [0.25, 0.3) is 0 Å². The molecule has 9 nitrogen and oxygen atoms in total. The van der Waals surface area contributed by atoms with Gasteiger partial charge in [0.1, 0.15) is 11.3 Å². The lowest BCUT2D eigenvalue weighted by Gasteiger charge is -2.09. The number of hydrogen-bond acceptors (Lipinski definition) is 7. The van der Waals surface area contributed by atoms with E-state index in [0.29, 0.717) is 12.1 Å². The fourth-order valence-electron chi connectivity index (χ4n) is 2.02. The maximum Gasteiger partial charge on any atom is 0.339 e. The summed E-state index contributed by atoms with van der Waals surface area (Å²) in [5.74, 6) is -1.69. The van der Waals surface area contributed by atoms with Crippen molar-refractivity contribution >= 4 is 45.0 Å². The molecule has 0 radical (unpaired) electrons. The summed E-state index contributed by atoms with van der Waals surface area (Å²) in [4.78, 5) is 10.7. The van der Waals surface area contributed by atoms with Crippen LogP contribution in [0.2, 0.25) is 10.0 Å². The van der Waals surface area contributed by atoms with Crippen molar-refractivity contribution in [1.29, 1.82) is 0 Å². The Hall–Kier alpha value is -2.40. The lowest BCUT2D eigenvalue weighted by molar-refractivity contribution is 0.0692. The van der Waals surface area contributed by atoms with Crippen LogP contribution < -0.4 is 4.74 Å². The van der Waals surface area contributed by atoms with Crippen LogP contribution in [0.3, 0.4) is 0 Å². The number of benzene rings is 2. The highest BCUT2D eigenvalue weighted by Gasteiger charge is 2.17. The molecule has 0 atom stereocenters. The van der Waals surface area contributed by atoms with Gasteiger partial charge in [-0.15, -0.1) is 0 Å². The zero-order chi connectivity index (χ0) is 20.9. The molecule has 12 heteroatoms. The monoisotopic (exact) mass is 448 g/mol. The number of nitrogens with zero attached hydrogens (tertiary/aromatic N) is 2. The molecule has 0 aliphatic carbocycles. The molecular weight excluding hydrogens is 435 g/mol. The van der Waals surface area contributed by atoms with Gasteiger partial charge in [0.05, 0.1) is 33.8 Å². The van der Waals surface area contributed by atoms with E-state index in [1.807, 2.05) is 0 Å². The highest BCUT2D eigenvalue weighted by atomic mass is 35.5. The Morgan fingerprint density at radius 3 is 2.36 bits per heavy atom. The first kappa shape index (κ1) is 21.9. The van der Waals surface area contributed by atoms with Crippen LogP contribution in [0, 0.1) is 0 Å². The minimum Gasteiger partial charge on any atom is -0.505 e. The van der Waals surface area contributed by atoms with Gasteiger partial charge in [-0.05, 0) is 30.3 Å². The van der Waals surface area contributed by atoms with Crippen molar-refractivity contribution in [1.82, 2.24) is 0 Å². The number of aromatic carboxylic acids is 1. The number of azo groups is 1. The summed E-state index contributed by atoms with van der Waals surface area (Å²) in [5, 5.41) is 26.5. The molecule has 0 bridgehead atoms. The van der Waals surface area contributed by atoms with Gasteiger partial charge in [-0.3, -0.25) is 4.55 Å². The molecule has 0 saturated carbocycles. The molecule has 28 heavy (non-hydrogen) atoms. The molecule has 0 fully saturated rings. The van der Waals surface area contributed by atoms with Gasteiger partial charge in [0, 0.05) is 6.42 Å². The standard InChI is InChI=1S/C16H14Cl2N2O7S/c17-12-6-9(7-13(18)15(12)21)20-19-4-1-5-27-14-3-2-10(28(24,25)26)8-11(14)16(22)23/h2-3,6-8,21H,1,4-5H2,(H,22,23)(H,24,25,26). The quantitative estimate of drug-likeness (QED) is 0.311. The van der Waals surface area contributed by atoms with Crippen molar-refractivity contribution in [3.63, 3.8) is 0 Å². The third kappa shape index (κ3) is 5.80.